The average molecular weight is 279 g/mol. The number of rotatable bonds is 5. The summed E-state index contributed by atoms with van der Waals surface area (Å²) in [5, 5.41) is 23.0. The molecule has 0 aliphatic heterocycles. The van der Waals surface area contributed by atoms with E-state index in [9.17, 15) is 10.2 Å². The average Bonchev–Trinajstić information content (AvgIpc) is 2.46. The summed E-state index contributed by atoms with van der Waals surface area (Å²) in [4.78, 5) is 0. The number of aromatic hydroxyl groups is 1. The van der Waals surface area contributed by atoms with Crippen LogP contribution in [0.3, 0.4) is 0 Å². The van der Waals surface area contributed by atoms with Crippen LogP contribution in [-0.4, -0.2) is 30.0 Å². The van der Waals surface area contributed by atoms with Crippen LogP contribution in [0.1, 0.15) is 44.2 Å². The number of aliphatic hydroxyl groups is 1. The molecule has 1 atom stereocenters. The van der Waals surface area contributed by atoms with Crippen LogP contribution in [-0.2, 0) is 0 Å². The summed E-state index contributed by atoms with van der Waals surface area (Å²) in [6, 6.07) is 5.51. The molecule has 1 aliphatic rings. The monoisotopic (exact) mass is 279 g/mol. The lowest BCUT2D eigenvalue weighted by Crippen LogP contribution is -2.29. The van der Waals surface area contributed by atoms with E-state index < -0.39 is 0 Å². The predicted octanol–water partition coefficient (Wildman–Crippen LogP) is 2.60. The molecular weight excluding hydrogens is 254 g/mol. The van der Waals surface area contributed by atoms with Gasteiger partial charge in [-0.3, -0.25) is 0 Å². The fourth-order valence-electron chi connectivity index (χ4n) is 2.82. The minimum absolute atomic E-state index is 0.102. The third-order valence-electron chi connectivity index (χ3n) is 4.23. The summed E-state index contributed by atoms with van der Waals surface area (Å²) in [5.74, 6) is 1.56. The summed E-state index contributed by atoms with van der Waals surface area (Å²) < 4.78 is 5.09. The van der Waals surface area contributed by atoms with Crippen LogP contribution in [0.4, 0.5) is 0 Å². The number of aliphatic hydroxyl groups excluding tert-OH is 1. The second-order valence-electron chi connectivity index (χ2n) is 5.73. The fraction of sp³-hybridized carbons (Fsp3) is 0.625. The van der Waals surface area contributed by atoms with Crippen molar-refractivity contribution in [3.8, 4) is 11.5 Å². The van der Waals surface area contributed by atoms with Gasteiger partial charge in [0.15, 0.2) is 0 Å². The largest absolute Gasteiger partial charge is 0.507 e. The molecule has 112 valence electrons. The van der Waals surface area contributed by atoms with Crippen molar-refractivity contribution in [1.29, 1.82) is 0 Å². The van der Waals surface area contributed by atoms with Gasteiger partial charge in [0, 0.05) is 17.7 Å². The molecule has 4 heteroatoms. The molecule has 0 saturated heterocycles. The molecule has 1 unspecified atom stereocenters. The Morgan fingerprint density at radius 3 is 2.60 bits per heavy atom. The Morgan fingerprint density at radius 1 is 1.30 bits per heavy atom. The van der Waals surface area contributed by atoms with Gasteiger partial charge in [-0.15, -0.1) is 0 Å². The fourth-order valence-corrected chi connectivity index (χ4v) is 2.82. The Labute approximate surface area is 120 Å². The maximum absolute atomic E-state index is 10.0. The van der Waals surface area contributed by atoms with Crippen molar-refractivity contribution in [3.63, 3.8) is 0 Å². The van der Waals surface area contributed by atoms with Gasteiger partial charge < -0.3 is 20.3 Å². The van der Waals surface area contributed by atoms with Gasteiger partial charge in [0.1, 0.15) is 11.5 Å². The van der Waals surface area contributed by atoms with Gasteiger partial charge in [-0.05, 0) is 51.1 Å². The van der Waals surface area contributed by atoms with Crippen molar-refractivity contribution in [2.45, 2.75) is 44.8 Å². The minimum Gasteiger partial charge on any atom is -0.507 e. The molecule has 20 heavy (non-hydrogen) atoms. The zero-order chi connectivity index (χ0) is 14.5. The van der Waals surface area contributed by atoms with E-state index in [1.54, 1.807) is 13.2 Å². The van der Waals surface area contributed by atoms with Crippen LogP contribution in [0.15, 0.2) is 18.2 Å². The molecule has 0 bridgehead atoms. The molecule has 0 radical (unpaired) electrons. The highest BCUT2D eigenvalue weighted by Gasteiger charge is 2.20. The molecule has 0 spiro atoms. The highest BCUT2D eigenvalue weighted by molar-refractivity contribution is 5.41. The molecule has 1 aromatic carbocycles. The predicted molar refractivity (Wildman–Crippen MR) is 79.0 cm³/mol. The van der Waals surface area contributed by atoms with Gasteiger partial charge in [-0.1, -0.05) is 6.07 Å². The molecule has 2 rings (SSSR count). The second-order valence-corrected chi connectivity index (χ2v) is 5.73. The van der Waals surface area contributed by atoms with Crippen LogP contribution in [0, 0.1) is 5.92 Å². The quantitative estimate of drug-likeness (QED) is 0.775. The Balaban J connectivity index is 1.87. The number of phenolic OH excluding ortho intramolecular Hbond substituents is 1. The number of nitrogens with one attached hydrogen (secondary N) is 1. The second kappa shape index (κ2) is 6.95. The molecule has 1 saturated carbocycles. The number of phenols is 1. The summed E-state index contributed by atoms with van der Waals surface area (Å²) in [5.41, 5.74) is 0.890. The first-order chi connectivity index (χ1) is 9.60. The van der Waals surface area contributed by atoms with E-state index in [4.69, 9.17) is 4.74 Å². The van der Waals surface area contributed by atoms with Crippen molar-refractivity contribution >= 4 is 0 Å². The Morgan fingerprint density at radius 2 is 2.00 bits per heavy atom. The molecular formula is C16H25NO3. The van der Waals surface area contributed by atoms with E-state index in [0.29, 0.717) is 11.7 Å². The van der Waals surface area contributed by atoms with Crippen molar-refractivity contribution < 1.29 is 14.9 Å². The van der Waals surface area contributed by atoms with Crippen molar-refractivity contribution in [2.75, 3.05) is 13.7 Å². The Bertz CT molecular complexity index is 428. The highest BCUT2D eigenvalue weighted by atomic mass is 16.5. The number of ether oxygens (including phenoxy) is 1. The van der Waals surface area contributed by atoms with Crippen LogP contribution >= 0.6 is 0 Å². The van der Waals surface area contributed by atoms with Gasteiger partial charge in [-0.25, -0.2) is 0 Å². The standard InChI is InChI=1S/C16H25NO3/c1-11(15-8-7-14(20-2)9-16(15)19)17-10-12-3-5-13(18)6-4-12/h7-9,11-13,17-19H,3-6,10H2,1-2H3. The lowest BCUT2D eigenvalue weighted by molar-refractivity contribution is 0.107. The molecule has 1 fully saturated rings. The number of hydrogen-bond donors (Lipinski definition) is 3. The number of hydrogen-bond acceptors (Lipinski definition) is 4. The first kappa shape index (κ1) is 15.1. The Kier molecular flexibility index (Phi) is 5.26. The highest BCUT2D eigenvalue weighted by Crippen LogP contribution is 2.29. The topological polar surface area (TPSA) is 61.7 Å². The molecule has 0 heterocycles. The van der Waals surface area contributed by atoms with E-state index in [1.165, 1.54) is 0 Å². The molecule has 3 N–H and O–H groups in total. The zero-order valence-electron chi connectivity index (χ0n) is 12.3. The van der Waals surface area contributed by atoms with E-state index in [-0.39, 0.29) is 17.9 Å². The van der Waals surface area contributed by atoms with Crippen molar-refractivity contribution in [2.24, 2.45) is 5.92 Å². The van der Waals surface area contributed by atoms with E-state index in [0.717, 1.165) is 37.8 Å². The summed E-state index contributed by atoms with van der Waals surface area (Å²) >= 11 is 0. The van der Waals surface area contributed by atoms with E-state index in [2.05, 4.69) is 12.2 Å². The molecule has 1 aromatic rings. The van der Waals surface area contributed by atoms with Crippen LogP contribution in [0.2, 0.25) is 0 Å². The summed E-state index contributed by atoms with van der Waals surface area (Å²) in [7, 11) is 1.59. The summed E-state index contributed by atoms with van der Waals surface area (Å²) in [6.45, 7) is 2.98. The van der Waals surface area contributed by atoms with Crippen LogP contribution in [0.5, 0.6) is 11.5 Å². The first-order valence-electron chi connectivity index (χ1n) is 7.38. The maximum Gasteiger partial charge on any atom is 0.124 e. The zero-order valence-corrected chi connectivity index (χ0v) is 12.3. The maximum atomic E-state index is 10.0. The SMILES string of the molecule is COc1ccc(C(C)NCC2CCC(O)CC2)c(O)c1. The van der Waals surface area contributed by atoms with Crippen molar-refractivity contribution in [3.05, 3.63) is 23.8 Å². The van der Waals surface area contributed by atoms with Gasteiger partial charge in [0.2, 0.25) is 0 Å². The number of benzene rings is 1. The molecule has 0 amide bonds. The lowest BCUT2D eigenvalue weighted by Gasteiger charge is -2.27. The third kappa shape index (κ3) is 3.87. The normalized spacial score (nSPS) is 24.4. The van der Waals surface area contributed by atoms with Crippen LogP contribution in [0.25, 0.3) is 0 Å². The first-order valence-corrected chi connectivity index (χ1v) is 7.38. The molecule has 1 aliphatic carbocycles. The van der Waals surface area contributed by atoms with Gasteiger partial charge >= 0.3 is 0 Å². The Hall–Kier alpha value is -1.26. The lowest BCUT2D eigenvalue weighted by atomic mass is 9.87. The van der Waals surface area contributed by atoms with Crippen molar-refractivity contribution in [1.82, 2.24) is 5.32 Å². The smallest absolute Gasteiger partial charge is 0.124 e. The molecule has 0 aromatic heterocycles. The van der Waals surface area contributed by atoms with Gasteiger partial charge in [0.25, 0.3) is 0 Å². The van der Waals surface area contributed by atoms with Gasteiger partial charge in [-0.2, -0.15) is 0 Å². The van der Waals surface area contributed by atoms with Crippen LogP contribution < -0.4 is 10.1 Å². The van der Waals surface area contributed by atoms with Gasteiger partial charge in [0.05, 0.1) is 13.2 Å². The van der Waals surface area contributed by atoms with E-state index in [1.807, 2.05) is 12.1 Å². The third-order valence-corrected chi connectivity index (χ3v) is 4.23. The van der Waals surface area contributed by atoms with E-state index >= 15 is 0 Å². The molecule has 4 nitrogen and oxygen atoms in total. The summed E-state index contributed by atoms with van der Waals surface area (Å²) in [6.07, 6.45) is 3.88. The number of methoxy groups -OCH3 is 1. The minimum atomic E-state index is -0.102.